The second-order valence-electron chi connectivity index (χ2n) is 9.01. The van der Waals surface area contributed by atoms with Gasteiger partial charge in [0.15, 0.2) is 0 Å². The molecule has 7 heteroatoms. The number of benzene rings is 1. The van der Waals surface area contributed by atoms with Crippen LogP contribution in [0.4, 0.5) is 17.1 Å². The molecule has 30 heavy (non-hydrogen) atoms. The van der Waals surface area contributed by atoms with E-state index in [9.17, 15) is 10.1 Å². The minimum atomic E-state index is 0.000739. The third-order valence-corrected chi connectivity index (χ3v) is 6.78. The predicted octanol–water partition coefficient (Wildman–Crippen LogP) is 2.46. The molecule has 0 bridgehead atoms. The fourth-order valence-corrected chi connectivity index (χ4v) is 5.14. The molecule has 2 atom stereocenters. The van der Waals surface area contributed by atoms with Crippen molar-refractivity contribution in [3.63, 3.8) is 0 Å². The van der Waals surface area contributed by atoms with Crippen molar-refractivity contribution in [3.8, 4) is 6.07 Å². The third kappa shape index (κ3) is 4.34. The van der Waals surface area contributed by atoms with Gasteiger partial charge in [0.25, 0.3) is 0 Å². The molecular formula is C23H34N6O. The van der Waals surface area contributed by atoms with Gasteiger partial charge in [-0.2, -0.15) is 5.26 Å². The highest BCUT2D eigenvalue weighted by molar-refractivity contribution is 5.89. The van der Waals surface area contributed by atoms with Crippen molar-refractivity contribution in [3.05, 3.63) is 17.7 Å². The van der Waals surface area contributed by atoms with E-state index in [1.165, 1.54) is 0 Å². The number of rotatable bonds is 4. The molecule has 7 nitrogen and oxygen atoms in total. The van der Waals surface area contributed by atoms with Gasteiger partial charge < -0.3 is 25.8 Å². The predicted molar refractivity (Wildman–Crippen MR) is 121 cm³/mol. The summed E-state index contributed by atoms with van der Waals surface area (Å²) in [6, 6.07) is 6.52. The molecular weight excluding hydrogens is 376 g/mol. The Hall–Kier alpha value is -2.46. The zero-order valence-electron chi connectivity index (χ0n) is 18.2. The van der Waals surface area contributed by atoms with Crippen molar-refractivity contribution in [1.29, 1.82) is 5.26 Å². The molecule has 2 saturated heterocycles. The van der Waals surface area contributed by atoms with Crippen LogP contribution in [0.25, 0.3) is 0 Å². The number of nitriles is 1. The molecule has 0 radical (unpaired) electrons. The summed E-state index contributed by atoms with van der Waals surface area (Å²) >= 11 is 0. The molecule has 0 aromatic heterocycles. The Labute approximate surface area is 179 Å². The average Bonchev–Trinajstić information content (AvgIpc) is 2.78. The summed E-state index contributed by atoms with van der Waals surface area (Å²) in [4.78, 5) is 17.9. The Morgan fingerprint density at radius 3 is 2.63 bits per heavy atom. The van der Waals surface area contributed by atoms with Crippen LogP contribution in [-0.2, 0) is 4.79 Å². The molecule has 3 aliphatic rings. The minimum absolute atomic E-state index is 0.000739. The van der Waals surface area contributed by atoms with Gasteiger partial charge in [-0.3, -0.25) is 4.79 Å². The van der Waals surface area contributed by atoms with Crippen LogP contribution in [0.15, 0.2) is 12.1 Å². The quantitative estimate of drug-likeness (QED) is 0.707. The lowest BCUT2D eigenvalue weighted by Gasteiger charge is -2.40. The van der Waals surface area contributed by atoms with Crippen molar-refractivity contribution in [2.45, 2.75) is 39.2 Å². The van der Waals surface area contributed by atoms with Crippen LogP contribution >= 0.6 is 0 Å². The SMILES string of the molecule is CCN1CCC(NC(=O)C2CC(C)CN(c3ccc(C#N)c4c3NCCN4)C2)CC1. The first-order valence-electron chi connectivity index (χ1n) is 11.4. The van der Waals surface area contributed by atoms with Crippen molar-refractivity contribution in [2.75, 3.05) is 61.3 Å². The number of fused-ring (bicyclic) bond motifs is 1. The van der Waals surface area contributed by atoms with E-state index in [1.54, 1.807) is 0 Å². The van der Waals surface area contributed by atoms with Crippen molar-refractivity contribution >= 4 is 23.0 Å². The highest BCUT2D eigenvalue weighted by Gasteiger charge is 2.33. The van der Waals surface area contributed by atoms with E-state index >= 15 is 0 Å². The summed E-state index contributed by atoms with van der Waals surface area (Å²) in [5.41, 5.74) is 3.65. The Morgan fingerprint density at radius 2 is 1.93 bits per heavy atom. The summed E-state index contributed by atoms with van der Waals surface area (Å²) in [5.74, 6) is 0.648. The van der Waals surface area contributed by atoms with E-state index in [1.807, 2.05) is 12.1 Å². The average molecular weight is 411 g/mol. The summed E-state index contributed by atoms with van der Waals surface area (Å²) < 4.78 is 0. The molecule has 4 rings (SSSR count). The minimum Gasteiger partial charge on any atom is -0.380 e. The molecule has 1 amide bonds. The van der Waals surface area contributed by atoms with E-state index in [4.69, 9.17) is 0 Å². The third-order valence-electron chi connectivity index (χ3n) is 6.78. The van der Waals surface area contributed by atoms with Crippen LogP contribution in [0.5, 0.6) is 0 Å². The van der Waals surface area contributed by atoms with Gasteiger partial charge in [-0.15, -0.1) is 0 Å². The van der Waals surface area contributed by atoms with Gasteiger partial charge in [0.05, 0.1) is 28.5 Å². The molecule has 3 heterocycles. The molecule has 162 valence electrons. The molecule has 3 N–H and O–H groups in total. The molecule has 0 aliphatic carbocycles. The first-order valence-corrected chi connectivity index (χ1v) is 11.4. The van der Waals surface area contributed by atoms with Crippen LogP contribution in [0, 0.1) is 23.2 Å². The number of nitrogens with zero attached hydrogens (tertiary/aromatic N) is 3. The molecule has 3 aliphatic heterocycles. The van der Waals surface area contributed by atoms with E-state index in [2.05, 4.69) is 45.7 Å². The number of anilines is 3. The van der Waals surface area contributed by atoms with Gasteiger partial charge >= 0.3 is 0 Å². The maximum absolute atomic E-state index is 13.1. The summed E-state index contributed by atoms with van der Waals surface area (Å²) in [6.07, 6.45) is 3.02. The Kier molecular flexibility index (Phi) is 6.33. The number of piperidine rings is 2. The van der Waals surface area contributed by atoms with Gasteiger partial charge in [-0.1, -0.05) is 13.8 Å². The summed E-state index contributed by atoms with van der Waals surface area (Å²) in [7, 11) is 0. The van der Waals surface area contributed by atoms with E-state index < -0.39 is 0 Å². The van der Waals surface area contributed by atoms with Crippen LogP contribution < -0.4 is 20.9 Å². The number of hydrogen-bond donors (Lipinski definition) is 3. The number of hydrogen-bond acceptors (Lipinski definition) is 6. The number of carbonyl (C=O) groups excluding carboxylic acids is 1. The van der Waals surface area contributed by atoms with Gasteiger partial charge in [0, 0.05) is 45.3 Å². The second-order valence-corrected chi connectivity index (χ2v) is 9.01. The smallest absolute Gasteiger partial charge is 0.225 e. The Morgan fingerprint density at radius 1 is 1.20 bits per heavy atom. The topological polar surface area (TPSA) is 83.4 Å². The monoisotopic (exact) mass is 410 g/mol. The standard InChI is InChI=1S/C23H34N6O/c1-3-28-10-6-19(7-11-28)27-23(30)18-12-16(2)14-29(15-18)20-5-4-17(13-24)21-22(20)26-9-8-25-21/h4-5,16,18-19,25-26H,3,6-12,14-15H2,1-2H3,(H,27,30). The molecule has 0 saturated carbocycles. The number of nitrogens with one attached hydrogen (secondary N) is 3. The normalized spacial score (nSPS) is 24.9. The van der Waals surface area contributed by atoms with Crippen molar-refractivity contribution < 1.29 is 4.79 Å². The molecule has 0 spiro atoms. The van der Waals surface area contributed by atoms with E-state index in [-0.39, 0.29) is 11.8 Å². The fourth-order valence-electron chi connectivity index (χ4n) is 5.14. The number of carbonyl (C=O) groups is 1. The zero-order valence-corrected chi connectivity index (χ0v) is 18.2. The largest absolute Gasteiger partial charge is 0.380 e. The van der Waals surface area contributed by atoms with Crippen molar-refractivity contribution in [2.24, 2.45) is 11.8 Å². The van der Waals surface area contributed by atoms with Crippen LogP contribution in [0.1, 0.15) is 38.7 Å². The first-order chi connectivity index (χ1) is 14.6. The lowest BCUT2D eigenvalue weighted by atomic mass is 9.88. The summed E-state index contributed by atoms with van der Waals surface area (Å²) in [6.45, 7) is 11.0. The second kappa shape index (κ2) is 9.13. The van der Waals surface area contributed by atoms with E-state index in [0.29, 0.717) is 17.5 Å². The summed E-state index contributed by atoms with van der Waals surface area (Å²) in [5, 5.41) is 19.6. The maximum atomic E-state index is 13.1. The van der Waals surface area contributed by atoms with E-state index in [0.717, 1.165) is 82.1 Å². The van der Waals surface area contributed by atoms with Gasteiger partial charge in [-0.05, 0) is 43.9 Å². The maximum Gasteiger partial charge on any atom is 0.225 e. The molecule has 1 aromatic carbocycles. The first kappa shape index (κ1) is 20.8. The lowest BCUT2D eigenvalue weighted by molar-refractivity contribution is -0.126. The number of amides is 1. The van der Waals surface area contributed by atoms with Gasteiger partial charge in [-0.25, -0.2) is 0 Å². The van der Waals surface area contributed by atoms with Crippen LogP contribution in [-0.4, -0.2) is 62.7 Å². The highest BCUT2D eigenvalue weighted by Crippen LogP contribution is 2.39. The van der Waals surface area contributed by atoms with Gasteiger partial charge in [0.2, 0.25) is 5.91 Å². The van der Waals surface area contributed by atoms with Crippen molar-refractivity contribution in [1.82, 2.24) is 10.2 Å². The lowest BCUT2D eigenvalue weighted by Crippen LogP contribution is -2.50. The number of likely N-dealkylation sites (tertiary alicyclic amines) is 1. The van der Waals surface area contributed by atoms with Gasteiger partial charge in [0.1, 0.15) is 6.07 Å². The molecule has 2 unspecified atom stereocenters. The fraction of sp³-hybridized carbons (Fsp3) is 0.652. The molecule has 1 aromatic rings. The van der Waals surface area contributed by atoms with Crippen LogP contribution in [0.2, 0.25) is 0 Å². The Balaban J connectivity index is 1.46. The van der Waals surface area contributed by atoms with Crippen LogP contribution in [0.3, 0.4) is 0 Å². The zero-order chi connectivity index (χ0) is 21.1. The molecule has 2 fully saturated rings. The Bertz CT molecular complexity index is 811. The highest BCUT2D eigenvalue weighted by atomic mass is 16.2.